The van der Waals surface area contributed by atoms with Crippen LogP contribution in [-0.4, -0.2) is 37.6 Å². The molecule has 0 aromatic carbocycles. The van der Waals surface area contributed by atoms with Crippen LogP contribution in [0.2, 0.25) is 0 Å². The lowest BCUT2D eigenvalue weighted by Crippen LogP contribution is -2.35. The third kappa shape index (κ3) is 6.16. The maximum atomic E-state index is 3.46. The van der Waals surface area contributed by atoms with Crippen LogP contribution in [0.15, 0.2) is 0 Å². The Balaban J connectivity index is 1.90. The van der Waals surface area contributed by atoms with E-state index in [4.69, 9.17) is 0 Å². The smallest absolute Gasteiger partial charge is 0.000703 e. The van der Waals surface area contributed by atoms with E-state index in [1.807, 2.05) is 0 Å². The molecule has 0 spiro atoms. The van der Waals surface area contributed by atoms with Crippen molar-refractivity contribution in [3.63, 3.8) is 0 Å². The summed E-state index contributed by atoms with van der Waals surface area (Å²) in [5.74, 6) is 0.928. The monoisotopic (exact) mass is 212 g/mol. The summed E-state index contributed by atoms with van der Waals surface area (Å²) in [4.78, 5) is 2.65. The summed E-state index contributed by atoms with van der Waals surface area (Å²) in [6.45, 7) is 11.0. The van der Waals surface area contributed by atoms with Gasteiger partial charge in [-0.05, 0) is 64.2 Å². The van der Waals surface area contributed by atoms with Crippen LogP contribution in [0.4, 0.5) is 0 Å². The van der Waals surface area contributed by atoms with Gasteiger partial charge in [0.15, 0.2) is 0 Å². The van der Waals surface area contributed by atoms with Gasteiger partial charge in [0, 0.05) is 6.54 Å². The summed E-state index contributed by atoms with van der Waals surface area (Å²) in [5, 5.41) is 3.46. The Hall–Kier alpha value is -0.0800. The normalized spacial score (nSPS) is 23.2. The molecule has 1 aliphatic heterocycles. The Labute approximate surface area is 95.4 Å². The number of likely N-dealkylation sites (tertiary alicyclic amines) is 1. The van der Waals surface area contributed by atoms with Gasteiger partial charge in [0.25, 0.3) is 0 Å². The van der Waals surface area contributed by atoms with Gasteiger partial charge in [-0.3, -0.25) is 0 Å². The number of rotatable bonds is 7. The summed E-state index contributed by atoms with van der Waals surface area (Å²) in [6, 6.07) is 0. The van der Waals surface area contributed by atoms with Gasteiger partial charge in [0.1, 0.15) is 0 Å². The zero-order chi connectivity index (χ0) is 10.9. The molecule has 0 aromatic heterocycles. The molecule has 0 aromatic rings. The van der Waals surface area contributed by atoms with E-state index in [2.05, 4.69) is 24.1 Å². The molecule has 1 aliphatic rings. The predicted octanol–water partition coefficient (Wildman–Crippen LogP) is 2.50. The number of piperidine rings is 1. The average molecular weight is 212 g/mol. The second kappa shape index (κ2) is 8.12. The Bertz CT molecular complexity index is 147. The minimum absolute atomic E-state index is 0.928. The van der Waals surface area contributed by atoms with Gasteiger partial charge < -0.3 is 10.2 Å². The predicted molar refractivity (Wildman–Crippen MR) is 67.2 cm³/mol. The summed E-state index contributed by atoms with van der Waals surface area (Å²) in [7, 11) is 0. The van der Waals surface area contributed by atoms with E-state index in [1.54, 1.807) is 0 Å². The fraction of sp³-hybridized carbons (Fsp3) is 1.00. The van der Waals surface area contributed by atoms with Crippen LogP contribution in [0.5, 0.6) is 0 Å². The highest BCUT2D eigenvalue weighted by molar-refractivity contribution is 4.69. The number of nitrogens with zero attached hydrogens (tertiary/aromatic N) is 1. The highest BCUT2D eigenvalue weighted by Gasteiger charge is 2.14. The molecule has 1 rings (SSSR count). The van der Waals surface area contributed by atoms with Crippen LogP contribution in [-0.2, 0) is 0 Å². The maximum absolute atomic E-state index is 3.46. The van der Waals surface area contributed by atoms with Crippen LogP contribution in [0.25, 0.3) is 0 Å². The van der Waals surface area contributed by atoms with Gasteiger partial charge >= 0.3 is 0 Å². The molecule has 90 valence electrons. The van der Waals surface area contributed by atoms with E-state index < -0.39 is 0 Å². The second-order valence-corrected chi connectivity index (χ2v) is 5.01. The van der Waals surface area contributed by atoms with Crippen molar-refractivity contribution in [2.24, 2.45) is 5.92 Å². The van der Waals surface area contributed by atoms with E-state index in [1.165, 1.54) is 64.8 Å². The van der Waals surface area contributed by atoms with Crippen molar-refractivity contribution >= 4 is 0 Å². The van der Waals surface area contributed by atoms with Gasteiger partial charge in [-0.1, -0.05) is 13.8 Å². The molecular weight excluding hydrogens is 184 g/mol. The van der Waals surface area contributed by atoms with Crippen molar-refractivity contribution in [1.82, 2.24) is 10.2 Å². The highest BCUT2D eigenvalue weighted by atomic mass is 15.1. The molecule has 2 heteroatoms. The Kier molecular flexibility index (Phi) is 7.03. The van der Waals surface area contributed by atoms with Crippen LogP contribution in [0, 0.1) is 5.92 Å². The van der Waals surface area contributed by atoms with Gasteiger partial charge in [-0.15, -0.1) is 0 Å². The molecule has 1 N–H and O–H groups in total. The largest absolute Gasteiger partial charge is 0.317 e. The number of nitrogens with one attached hydrogen (secondary N) is 1. The van der Waals surface area contributed by atoms with Gasteiger partial charge in [0.05, 0.1) is 0 Å². The molecule has 0 amide bonds. The molecule has 1 saturated heterocycles. The maximum Gasteiger partial charge on any atom is 0.000703 e. The fourth-order valence-electron chi connectivity index (χ4n) is 2.38. The molecule has 1 heterocycles. The van der Waals surface area contributed by atoms with Crippen molar-refractivity contribution in [2.75, 3.05) is 32.7 Å². The van der Waals surface area contributed by atoms with E-state index in [9.17, 15) is 0 Å². The molecule has 1 unspecified atom stereocenters. The molecule has 0 saturated carbocycles. The topological polar surface area (TPSA) is 15.3 Å². The van der Waals surface area contributed by atoms with Gasteiger partial charge in [-0.2, -0.15) is 0 Å². The summed E-state index contributed by atoms with van der Waals surface area (Å²) in [5.41, 5.74) is 0. The third-order valence-corrected chi connectivity index (χ3v) is 3.25. The third-order valence-electron chi connectivity index (χ3n) is 3.25. The zero-order valence-electron chi connectivity index (χ0n) is 10.6. The number of unbranched alkanes of at least 4 members (excludes halogenated alkanes) is 1. The summed E-state index contributed by atoms with van der Waals surface area (Å²) < 4.78 is 0. The first-order chi connectivity index (χ1) is 7.33. The first kappa shape index (κ1) is 13.0. The second-order valence-electron chi connectivity index (χ2n) is 5.01. The summed E-state index contributed by atoms with van der Waals surface area (Å²) in [6.07, 6.45) is 6.81. The van der Waals surface area contributed by atoms with Crippen molar-refractivity contribution in [2.45, 2.75) is 46.0 Å². The molecular formula is C13H28N2. The Morgan fingerprint density at radius 3 is 2.87 bits per heavy atom. The van der Waals surface area contributed by atoms with E-state index in [0.29, 0.717) is 0 Å². The lowest BCUT2D eigenvalue weighted by atomic mass is 10.0. The van der Waals surface area contributed by atoms with Crippen molar-refractivity contribution in [3.05, 3.63) is 0 Å². The Morgan fingerprint density at radius 2 is 2.13 bits per heavy atom. The molecule has 0 radical (unpaired) electrons. The lowest BCUT2D eigenvalue weighted by Gasteiger charge is -2.30. The average Bonchev–Trinajstić information content (AvgIpc) is 2.23. The first-order valence-corrected chi connectivity index (χ1v) is 6.76. The quantitative estimate of drug-likeness (QED) is 0.652. The summed E-state index contributed by atoms with van der Waals surface area (Å²) >= 11 is 0. The SMILES string of the molecule is CCCNCCCCN1CCCC(C)C1. The minimum Gasteiger partial charge on any atom is -0.317 e. The van der Waals surface area contributed by atoms with Gasteiger partial charge in [0.2, 0.25) is 0 Å². The number of hydrogen-bond donors (Lipinski definition) is 1. The van der Waals surface area contributed by atoms with Crippen LogP contribution < -0.4 is 5.32 Å². The zero-order valence-corrected chi connectivity index (χ0v) is 10.6. The molecule has 1 atom stereocenters. The molecule has 0 bridgehead atoms. The van der Waals surface area contributed by atoms with Crippen LogP contribution in [0.3, 0.4) is 0 Å². The van der Waals surface area contributed by atoms with Crippen molar-refractivity contribution < 1.29 is 0 Å². The Morgan fingerprint density at radius 1 is 1.27 bits per heavy atom. The fourth-order valence-corrected chi connectivity index (χ4v) is 2.38. The standard InChI is InChI=1S/C13H28N2/c1-3-8-14-9-4-5-10-15-11-6-7-13(2)12-15/h13-14H,3-12H2,1-2H3. The van der Waals surface area contributed by atoms with Crippen LogP contribution >= 0.6 is 0 Å². The van der Waals surface area contributed by atoms with E-state index in [-0.39, 0.29) is 0 Å². The van der Waals surface area contributed by atoms with Crippen molar-refractivity contribution in [3.8, 4) is 0 Å². The first-order valence-electron chi connectivity index (χ1n) is 6.76. The molecule has 1 fully saturated rings. The molecule has 15 heavy (non-hydrogen) atoms. The number of hydrogen-bond acceptors (Lipinski definition) is 2. The van der Waals surface area contributed by atoms with E-state index >= 15 is 0 Å². The minimum atomic E-state index is 0.928. The molecule has 0 aliphatic carbocycles. The lowest BCUT2D eigenvalue weighted by molar-refractivity contribution is 0.181. The highest BCUT2D eigenvalue weighted by Crippen LogP contribution is 2.15. The van der Waals surface area contributed by atoms with Crippen LogP contribution in [0.1, 0.15) is 46.0 Å². The van der Waals surface area contributed by atoms with E-state index in [0.717, 1.165) is 5.92 Å². The molecule has 2 nitrogen and oxygen atoms in total. The van der Waals surface area contributed by atoms with Gasteiger partial charge in [-0.25, -0.2) is 0 Å². The van der Waals surface area contributed by atoms with Crippen molar-refractivity contribution in [1.29, 1.82) is 0 Å².